The van der Waals surface area contributed by atoms with Gasteiger partial charge in [0.05, 0.1) is 21.2 Å². The van der Waals surface area contributed by atoms with Crippen LogP contribution in [0.25, 0.3) is 0 Å². The van der Waals surface area contributed by atoms with E-state index in [4.69, 9.17) is 0 Å². The summed E-state index contributed by atoms with van der Waals surface area (Å²) in [7, 11) is -9.09. The number of hydrogen-bond acceptors (Lipinski definition) is 8. The number of allylic oxidation sites excluding steroid dienone is 6. The number of rotatable bonds is 5. The van der Waals surface area contributed by atoms with Crippen LogP contribution in [-0.4, -0.2) is 31.7 Å². The molecule has 0 saturated heterocycles. The Morgan fingerprint density at radius 3 is 2.03 bits per heavy atom. The fourth-order valence-electron chi connectivity index (χ4n) is 4.29. The molecule has 0 aliphatic carbocycles. The van der Waals surface area contributed by atoms with E-state index in [0.717, 1.165) is 22.7 Å². The topological polar surface area (TPSA) is 139 Å². The molecule has 2 aliphatic rings. The Kier molecular flexibility index (Phi) is 5.92. The second-order valence-corrected chi connectivity index (χ2v) is 12.3. The van der Waals surface area contributed by atoms with Crippen molar-refractivity contribution >= 4 is 37.3 Å². The van der Waals surface area contributed by atoms with Gasteiger partial charge < -0.3 is 14.4 Å². The molecule has 2 aromatic carbocycles. The minimum absolute atomic E-state index is 0.258. The van der Waals surface area contributed by atoms with Gasteiger partial charge in [0.25, 0.3) is 0 Å². The predicted octanol–water partition coefficient (Wildman–Crippen LogP) is 4.26. The maximum Gasteiger partial charge on any atom is 0.124 e. The summed E-state index contributed by atoms with van der Waals surface area (Å²) in [4.78, 5) is 4.05. The molecule has 0 unspecified atom stereocenters. The van der Waals surface area contributed by atoms with Crippen molar-refractivity contribution in [1.29, 1.82) is 0 Å². The van der Waals surface area contributed by atoms with Gasteiger partial charge in [-0.1, -0.05) is 45.9 Å². The summed E-state index contributed by atoms with van der Waals surface area (Å²) < 4.78 is 68.4. The highest BCUT2D eigenvalue weighted by atomic mass is 32.2. The second kappa shape index (κ2) is 8.27. The lowest BCUT2D eigenvalue weighted by Crippen LogP contribution is -2.24. The normalized spacial score (nSPS) is 19.7. The maximum absolute atomic E-state index is 11.4. The van der Waals surface area contributed by atoms with Crippen molar-refractivity contribution in [3.8, 4) is 0 Å². The van der Waals surface area contributed by atoms with Crippen LogP contribution < -0.4 is 5.32 Å². The standard InChI is InChI=1S/C25H26N2O6S2/c1-24(2)18-14-16(34(28,29)30)10-12-20(18)26-22(24)8-6-5-7-9-23-25(3,4)19-15-17(35(31,32)33)11-13-21(19)27-23/h5-15,26H,1-4H3,(H,28,29,30)(H,31,32,33)/p-2/b6-5+,9-7+,22-8-. The Morgan fingerprint density at radius 2 is 1.40 bits per heavy atom. The van der Waals surface area contributed by atoms with Crippen LogP contribution in [0.4, 0.5) is 11.4 Å². The van der Waals surface area contributed by atoms with Crippen molar-refractivity contribution in [3.63, 3.8) is 0 Å². The number of fused-ring (bicyclic) bond motifs is 2. The summed E-state index contributed by atoms with van der Waals surface area (Å²) in [6.45, 7) is 7.69. The van der Waals surface area contributed by atoms with E-state index in [1.807, 2.05) is 58.1 Å². The molecule has 0 amide bonds. The molecule has 0 fully saturated rings. The molecule has 2 aliphatic heterocycles. The van der Waals surface area contributed by atoms with Crippen LogP contribution in [0, 0.1) is 0 Å². The molecule has 1 N–H and O–H groups in total. The molecule has 35 heavy (non-hydrogen) atoms. The number of nitrogens with one attached hydrogen (secondary N) is 1. The highest BCUT2D eigenvalue weighted by molar-refractivity contribution is 7.86. The summed E-state index contributed by atoms with van der Waals surface area (Å²) in [5.74, 6) is 0. The van der Waals surface area contributed by atoms with Gasteiger partial charge in [0.2, 0.25) is 0 Å². The van der Waals surface area contributed by atoms with Crippen LogP contribution in [0.1, 0.15) is 38.8 Å². The average Bonchev–Trinajstić information content (AvgIpc) is 3.15. The summed E-state index contributed by atoms with van der Waals surface area (Å²) >= 11 is 0. The Balaban J connectivity index is 1.52. The SMILES string of the molecule is CC1(C)C(/C=C/C=C/C=C2\Nc3ccc(S(=O)(=O)[O-])cc3C2(C)C)=Nc2ccc(S(=O)(=O)[O-])cc21. The van der Waals surface area contributed by atoms with Gasteiger partial charge in [-0.3, -0.25) is 4.99 Å². The molecule has 8 nitrogen and oxygen atoms in total. The van der Waals surface area contributed by atoms with E-state index < -0.39 is 31.1 Å². The van der Waals surface area contributed by atoms with Crippen molar-refractivity contribution < 1.29 is 25.9 Å². The van der Waals surface area contributed by atoms with Crippen LogP contribution in [0.15, 0.2) is 87.3 Å². The second-order valence-electron chi connectivity index (χ2n) is 9.49. The third-order valence-electron chi connectivity index (χ3n) is 6.45. The smallest absolute Gasteiger partial charge is 0.124 e. The van der Waals surface area contributed by atoms with E-state index in [0.29, 0.717) is 11.3 Å². The predicted molar refractivity (Wildman–Crippen MR) is 132 cm³/mol. The van der Waals surface area contributed by atoms with Crippen molar-refractivity contribution in [3.05, 3.63) is 83.6 Å². The minimum atomic E-state index is -4.55. The first kappa shape index (κ1) is 25.1. The van der Waals surface area contributed by atoms with Gasteiger partial charge >= 0.3 is 0 Å². The fraction of sp³-hybridized carbons (Fsp3) is 0.240. The summed E-state index contributed by atoms with van der Waals surface area (Å²) in [6.07, 6.45) is 9.16. The average molecular weight is 513 g/mol. The molecule has 184 valence electrons. The zero-order valence-corrected chi connectivity index (χ0v) is 21.2. The maximum atomic E-state index is 11.4. The molecule has 0 saturated carbocycles. The monoisotopic (exact) mass is 512 g/mol. The Morgan fingerprint density at radius 1 is 0.800 bits per heavy atom. The first-order chi connectivity index (χ1) is 16.1. The molecular weight excluding hydrogens is 488 g/mol. The highest BCUT2D eigenvalue weighted by Gasteiger charge is 2.35. The zero-order valence-electron chi connectivity index (χ0n) is 19.6. The van der Waals surface area contributed by atoms with Crippen molar-refractivity contribution in [2.75, 3.05) is 5.32 Å². The van der Waals surface area contributed by atoms with Gasteiger partial charge in [0.15, 0.2) is 0 Å². The largest absolute Gasteiger partial charge is 0.744 e. The van der Waals surface area contributed by atoms with E-state index in [2.05, 4.69) is 10.3 Å². The lowest BCUT2D eigenvalue weighted by atomic mass is 9.81. The van der Waals surface area contributed by atoms with Gasteiger partial charge in [-0.25, -0.2) is 16.8 Å². The summed E-state index contributed by atoms with van der Waals surface area (Å²) in [5.41, 5.74) is 3.24. The van der Waals surface area contributed by atoms with Crippen molar-refractivity contribution in [2.24, 2.45) is 4.99 Å². The van der Waals surface area contributed by atoms with Gasteiger partial charge in [0, 0.05) is 22.2 Å². The van der Waals surface area contributed by atoms with E-state index in [1.165, 1.54) is 30.3 Å². The van der Waals surface area contributed by atoms with Crippen LogP contribution in [0.2, 0.25) is 0 Å². The molecule has 0 spiro atoms. The Hall–Kier alpha value is -3.05. The van der Waals surface area contributed by atoms with E-state index in [-0.39, 0.29) is 9.79 Å². The lowest BCUT2D eigenvalue weighted by molar-refractivity contribution is 0.460. The van der Waals surface area contributed by atoms with Crippen LogP contribution in [0.3, 0.4) is 0 Å². The van der Waals surface area contributed by atoms with Crippen LogP contribution >= 0.6 is 0 Å². The Labute approximate surface area is 205 Å². The van der Waals surface area contributed by atoms with Gasteiger partial charge in [0.1, 0.15) is 20.2 Å². The summed E-state index contributed by atoms with van der Waals surface area (Å²) in [5, 5.41) is 3.27. The fourth-order valence-corrected chi connectivity index (χ4v) is 5.28. The van der Waals surface area contributed by atoms with E-state index >= 15 is 0 Å². The molecule has 0 radical (unpaired) electrons. The van der Waals surface area contributed by atoms with Crippen molar-refractivity contribution in [1.82, 2.24) is 0 Å². The number of anilines is 1. The first-order valence-electron chi connectivity index (χ1n) is 10.7. The molecule has 0 atom stereocenters. The molecular formula is C25H24N2O6S2-2. The quantitative estimate of drug-likeness (QED) is 0.466. The third kappa shape index (κ3) is 4.62. The molecule has 10 heteroatoms. The number of nitrogens with zero attached hydrogens (tertiary/aromatic N) is 1. The minimum Gasteiger partial charge on any atom is -0.744 e. The van der Waals surface area contributed by atoms with Gasteiger partial charge in [-0.05, 0) is 59.7 Å². The van der Waals surface area contributed by atoms with Crippen LogP contribution in [0.5, 0.6) is 0 Å². The molecule has 0 aromatic heterocycles. The third-order valence-corrected chi connectivity index (χ3v) is 8.11. The van der Waals surface area contributed by atoms with Gasteiger partial charge in [-0.15, -0.1) is 0 Å². The number of benzene rings is 2. The number of hydrogen-bond donors (Lipinski definition) is 1. The lowest BCUT2D eigenvalue weighted by Gasteiger charge is -2.21. The highest BCUT2D eigenvalue weighted by Crippen LogP contribution is 2.44. The molecule has 2 heterocycles. The molecule has 4 rings (SSSR count). The van der Waals surface area contributed by atoms with E-state index in [9.17, 15) is 25.9 Å². The van der Waals surface area contributed by atoms with Crippen LogP contribution in [-0.2, 0) is 31.1 Å². The molecule has 0 bridgehead atoms. The number of aliphatic imine (C=N–C) groups is 1. The summed E-state index contributed by atoms with van der Waals surface area (Å²) in [6, 6.07) is 8.49. The zero-order chi connectivity index (χ0) is 25.8. The molecule has 2 aromatic rings. The van der Waals surface area contributed by atoms with E-state index in [1.54, 1.807) is 6.07 Å². The van der Waals surface area contributed by atoms with Gasteiger partial charge in [-0.2, -0.15) is 0 Å². The Bertz CT molecular complexity index is 1560. The first-order valence-corrected chi connectivity index (χ1v) is 13.6. The van der Waals surface area contributed by atoms with Crippen molar-refractivity contribution in [2.45, 2.75) is 48.3 Å².